The van der Waals surface area contributed by atoms with E-state index in [2.05, 4.69) is 120 Å². The van der Waals surface area contributed by atoms with Gasteiger partial charge in [-0.25, -0.2) is 0 Å². The molecule has 0 aliphatic heterocycles. The van der Waals surface area contributed by atoms with Crippen LogP contribution in [0.15, 0.2) is 97.1 Å². The zero-order valence-corrected chi connectivity index (χ0v) is 28.7. The molecule has 0 aliphatic carbocycles. The molecule has 0 saturated heterocycles. The smallest absolute Gasteiger partial charge is 0.261 e. The first-order valence-electron chi connectivity index (χ1n) is 15.3. The molecule has 0 spiro atoms. The Labute approximate surface area is 265 Å². The van der Waals surface area contributed by atoms with Crippen molar-refractivity contribution < 1.29 is 23.4 Å². The maximum Gasteiger partial charge on any atom is 0.261 e. The van der Waals surface area contributed by atoms with Crippen LogP contribution in [0.1, 0.15) is 51.7 Å². The zero-order chi connectivity index (χ0) is 31.9. The molecule has 0 heterocycles. The lowest BCUT2D eigenvalue weighted by Crippen LogP contribution is -2.67. The van der Waals surface area contributed by atoms with Gasteiger partial charge in [-0.05, 0) is 62.6 Å². The molecular formula is C38H48O5Si. The summed E-state index contributed by atoms with van der Waals surface area (Å²) in [7, 11) is 4.00. The van der Waals surface area contributed by atoms with Gasteiger partial charge >= 0.3 is 0 Å². The number of hydrogen-bond acceptors (Lipinski definition) is 5. The molecule has 4 aromatic rings. The van der Waals surface area contributed by atoms with E-state index < -0.39 is 8.32 Å². The van der Waals surface area contributed by atoms with Gasteiger partial charge in [0, 0.05) is 12.5 Å². The normalized spacial score (nSPS) is 13.3. The van der Waals surface area contributed by atoms with E-state index in [0.29, 0.717) is 29.6 Å². The molecule has 0 fully saturated rings. The van der Waals surface area contributed by atoms with Crippen molar-refractivity contribution >= 4 is 18.7 Å². The molecule has 0 unspecified atom stereocenters. The molecule has 44 heavy (non-hydrogen) atoms. The van der Waals surface area contributed by atoms with Crippen LogP contribution in [0.5, 0.6) is 23.0 Å². The molecular weight excluding hydrogens is 564 g/mol. The van der Waals surface area contributed by atoms with E-state index in [4.69, 9.17) is 23.4 Å². The van der Waals surface area contributed by atoms with Crippen LogP contribution in [-0.4, -0.2) is 43.4 Å². The second-order valence-corrected chi connectivity index (χ2v) is 16.8. The van der Waals surface area contributed by atoms with E-state index in [1.54, 1.807) is 28.4 Å². The van der Waals surface area contributed by atoms with Crippen LogP contribution in [0.3, 0.4) is 0 Å². The van der Waals surface area contributed by atoms with Gasteiger partial charge in [-0.15, -0.1) is 0 Å². The average Bonchev–Trinajstić information content (AvgIpc) is 3.05. The highest BCUT2D eigenvalue weighted by Crippen LogP contribution is 2.43. The summed E-state index contributed by atoms with van der Waals surface area (Å²) in [6.45, 7) is 12.2. The van der Waals surface area contributed by atoms with Crippen LogP contribution in [0.4, 0.5) is 0 Å². The molecule has 0 saturated carbocycles. The van der Waals surface area contributed by atoms with Crippen molar-refractivity contribution in [2.24, 2.45) is 11.8 Å². The molecule has 0 aromatic heterocycles. The fourth-order valence-corrected chi connectivity index (χ4v) is 11.1. The minimum Gasteiger partial charge on any atom is -0.493 e. The second kappa shape index (κ2) is 14.4. The van der Waals surface area contributed by atoms with Crippen molar-refractivity contribution in [3.8, 4) is 23.0 Å². The molecule has 0 N–H and O–H groups in total. The number of rotatable bonds is 13. The Balaban J connectivity index is 1.77. The topological polar surface area (TPSA) is 46.2 Å². The van der Waals surface area contributed by atoms with Crippen LogP contribution < -0.4 is 29.3 Å². The fourth-order valence-electron chi connectivity index (χ4n) is 6.39. The number of benzene rings is 4. The van der Waals surface area contributed by atoms with Crippen LogP contribution in [0.25, 0.3) is 0 Å². The van der Waals surface area contributed by atoms with Gasteiger partial charge in [0.15, 0.2) is 23.0 Å². The van der Waals surface area contributed by atoms with Gasteiger partial charge in [0.1, 0.15) is 0 Å². The first-order chi connectivity index (χ1) is 21.1. The number of ether oxygens (including phenoxy) is 4. The Kier molecular flexibility index (Phi) is 10.8. The summed E-state index contributed by atoms with van der Waals surface area (Å²) in [5, 5.41) is 2.48. The van der Waals surface area contributed by atoms with Crippen molar-refractivity contribution in [2.75, 3.05) is 35.0 Å². The summed E-state index contributed by atoms with van der Waals surface area (Å²) in [6, 6.07) is 34.1. The molecule has 5 nitrogen and oxygen atoms in total. The molecule has 0 amide bonds. The third kappa shape index (κ3) is 6.67. The molecule has 0 aliphatic rings. The summed E-state index contributed by atoms with van der Waals surface area (Å²) >= 11 is 0. The van der Waals surface area contributed by atoms with Gasteiger partial charge in [0.05, 0.1) is 28.4 Å². The van der Waals surface area contributed by atoms with E-state index in [1.165, 1.54) is 10.4 Å². The SMILES string of the molecule is COc1ccc(C(c2ccc(OC)c(OC)c2)[C@H](C)[C@@H](C)CO[Si](c2ccccc2)(c2ccccc2)C(C)(C)C)cc1OC. The average molecular weight is 613 g/mol. The summed E-state index contributed by atoms with van der Waals surface area (Å²) in [5.41, 5.74) is 2.28. The van der Waals surface area contributed by atoms with E-state index in [9.17, 15) is 0 Å². The van der Waals surface area contributed by atoms with Gasteiger partial charge < -0.3 is 23.4 Å². The van der Waals surface area contributed by atoms with Gasteiger partial charge in [0.25, 0.3) is 8.32 Å². The van der Waals surface area contributed by atoms with Gasteiger partial charge in [-0.3, -0.25) is 0 Å². The third-order valence-corrected chi connectivity index (χ3v) is 13.9. The first kappa shape index (κ1) is 33.2. The van der Waals surface area contributed by atoms with Crippen LogP contribution in [0.2, 0.25) is 5.04 Å². The standard InChI is InChI=1S/C38H48O5Si/c1-27(26-43-44(38(3,4)5,31-16-12-10-13-17-31)32-18-14-11-15-19-32)28(2)37(29-20-22-33(39-6)35(24-29)41-8)30-21-23-34(40-7)36(25-30)42-9/h10-25,27-28,37H,26H2,1-9H3/t27-,28+/m0/s1. The Morgan fingerprint density at radius 2 is 0.977 bits per heavy atom. The highest BCUT2D eigenvalue weighted by Gasteiger charge is 2.50. The van der Waals surface area contributed by atoms with Crippen molar-refractivity contribution in [2.45, 2.75) is 45.6 Å². The first-order valence-corrected chi connectivity index (χ1v) is 17.2. The van der Waals surface area contributed by atoms with E-state index in [1.807, 2.05) is 12.1 Å². The highest BCUT2D eigenvalue weighted by molar-refractivity contribution is 6.99. The largest absolute Gasteiger partial charge is 0.493 e. The van der Waals surface area contributed by atoms with Crippen molar-refractivity contribution in [3.63, 3.8) is 0 Å². The monoisotopic (exact) mass is 612 g/mol. The number of methoxy groups -OCH3 is 4. The summed E-state index contributed by atoms with van der Waals surface area (Å²) in [4.78, 5) is 0. The molecule has 0 radical (unpaired) electrons. The maximum atomic E-state index is 7.38. The zero-order valence-electron chi connectivity index (χ0n) is 27.7. The van der Waals surface area contributed by atoms with E-state index in [0.717, 1.165) is 11.1 Å². The van der Waals surface area contributed by atoms with Crippen LogP contribution in [-0.2, 0) is 4.43 Å². The summed E-state index contributed by atoms with van der Waals surface area (Å²) in [6.07, 6.45) is 0. The lowest BCUT2D eigenvalue weighted by atomic mass is 9.76. The minimum absolute atomic E-state index is 0.0346. The second-order valence-electron chi connectivity index (χ2n) is 12.5. The highest BCUT2D eigenvalue weighted by atomic mass is 28.4. The molecule has 6 heteroatoms. The Bertz CT molecular complexity index is 1390. The molecule has 4 rings (SSSR count). The van der Waals surface area contributed by atoms with Gasteiger partial charge in [-0.1, -0.05) is 107 Å². The molecule has 2 atom stereocenters. The third-order valence-electron chi connectivity index (χ3n) is 8.94. The molecule has 0 bridgehead atoms. The van der Waals surface area contributed by atoms with Crippen LogP contribution >= 0.6 is 0 Å². The lowest BCUT2D eigenvalue weighted by Gasteiger charge is -2.44. The van der Waals surface area contributed by atoms with Crippen molar-refractivity contribution in [1.29, 1.82) is 0 Å². The summed E-state index contributed by atoms with van der Waals surface area (Å²) in [5.74, 6) is 3.27. The van der Waals surface area contributed by atoms with E-state index >= 15 is 0 Å². The summed E-state index contributed by atoms with van der Waals surface area (Å²) < 4.78 is 30.0. The maximum absolute atomic E-state index is 7.38. The molecule has 234 valence electrons. The quantitative estimate of drug-likeness (QED) is 0.145. The Hall–Kier alpha value is -3.74. The lowest BCUT2D eigenvalue weighted by molar-refractivity contribution is 0.195. The van der Waals surface area contributed by atoms with Gasteiger partial charge in [0.2, 0.25) is 0 Å². The van der Waals surface area contributed by atoms with E-state index in [-0.39, 0.29) is 22.8 Å². The van der Waals surface area contributed by atoms with Crippen molar-refractivity contribution in [1.82, 2.24) is 0 Å². The Morgan fingerprint density at radius 3 is 1.34 bits per heavy atom. The Morgan fingerprint density at radius 1 is 0.568 bits per heavy atom. The predicted octanol–water partition coefficient (Wildman–Crippen LogP) is 7.70. The predicted molar refractivity (Wildman–Crippen MR) is 183 cm³/mol. The minimum atomic E-state index is -2.68. The van der Waals surface area contributed by atoms with Crippen LogP contribution in [0, 0.1) is 11.8 Å². The van der Waals surface area contributed by atoms with Gasteiger partial charge in [-0.2, -0.15) is 0 Å². The number of hydrogen-bond donors (Lipinski definition) is 0. The fraction of sp³-hybridized carbons (Fsp3) is 0.368. The van der Waals surface area contributed by atoms with Crippen molar-refractivity contribution in [3.05, 3.63) is 108 Å². The molecule has 4 aromatic carbocycles.